The van der Waals surface area contributed by atoms with Crippen molar-refractivity contribution in [2.45, 2.75) is 250 Å². The van der Waals surface area contributed by atoms with E-state index in [9.17, 15) is 15.0 Å². The quantitative estimate of drug-likeness (QED) is 0.138. The minimum Gasteiger partial charge on any atom is -0.459 e. The molecule has 4 aliphatic rings. The number of cyclic esters (lactones) is 1. The molecule has 64 heavy (non-hydrogen) atoms. The van der Waals surface area contributed by atoms with E-state index in [1.165, 1.54) is 13.8 Å². The molecule has 2 N–H and O–H groups in total. The Balaban J connectivity index is 2.01. The van der Waals surface area contributed by atoms with Gasteiger partial charge in [0.1, 0.15) is 17.8 Å². The number of carbonyl (C=O) groups is 1. The monoisotopic (exact) mass is 968 g/mol. The highest BCUT2D eigenvalue weighted by molar-refractivity contribution is 6.70. The number of hydrogen-bond acceptors (Lipinski definition) is 14. The third-order valence-corrected chi connectivity index (χ3v) is 16.8. The van der Waals surface area contributed by atoms with Crippen molar-refractivity contribution in [3.8, 4) is 0 Å². The van der Waals surface area contributed by atoms with Crippen molar-refractivity contribution in [3.05, 3.63) is 0 Å². The van der Waals surface area contributed by atoms with Crippen molar-refractivity contribution >= 4 is 30.9 Å². The van der Waals surface area contributed by atoms with Crippen LogP contribution in [0, 0.1) is 17.8 Å². The maximum Gasteiger partial charge on any atom is 0.311 e. The van der Waals surface area contributed by atoms with E-state index in [-0.39, 0.29) is 31.4 Å². The van der Waals surface area contributed by atoms with E-state index in [1.807, 2.05) is 61.4 Å². The van der Waals surface area contributed by atoms with Crippen LogP contribution in [0.5, 0.6) is 0 Å². The van der Waals surface area contributed by atoms with E-state index in [2.05, 4.69) is 44.2 Å². The Morgan fingerprint density at radius 2 is 1.42 bits per heavy atom. The fraction of sp³-hybridized carbons (Fsp3) is 0.978. The van der Waals surface area contributed by atoms with Crippen molar-refractivity contribution in [2.24, 2.45) is 17.8 Å². The minimum atomic E-state index is -2.73. The molecule has 0 aromatic carbocycles. The number of carbonyl (C=O) groups excluding carboxylic acids is 1. The van der Waals surface area contributed by atoms with Gasteiger partial charge in [0, 0.05) is 37.8 Å². The molecule has 14 nitrogen and oxygen atoms in total. The molecular formula is C46H90FNO13Si3. The van der Waals surface area contributed by atoms with Gasteiger partial charge in [0.2, 0.25) is 0 Å². The van der Waals surface area contributed by atoms with Crippen LogP contribution in [0.15, 0.2) is 0 Å². The number of aliphatic hydroxyl groups excluding tert-OH is 1. The summed E-state index contributed by atoms with van der Waals surface area (Å²) in [7, 11) is -1.35. The molecule has 4 aliphatic heterocycles. The maximum atomic E-state index is 18.4. The van der Waals surface area contributed by atoms with E-state index in [4.69, 9.17) is 46.4 Å². The Kier molecular flexibility index (Phi) is 17.3. The normalized spacial score (nSPS) is 46.9. The van der Waals surface area contributed by atoms with Gasteiger partial charge in [0.05, 0.1) is 53.7 Å². The van der Waals surface area contributed by atoms with Gasteiger partial charge in [-0.2, -0.15) is 0 Å². The summed E-state index contributed by atoms with van der Waals surface area (Å²) in [6.07, 6.45) is -7.58. The summed E-state index contributed by atoms with van der Waals surface area (Å²) in [6, 6.07) is -0.0944. The smallest absolute Gasteiger partial charge is 0.311 e. The van der Waals surface area contributed by atoms with Crippen molar-refractivity contribution in [2.75, 3.05) is 21.2 Å². The van der Waals surface area contributed by atoms with Crippen LogP contribution in [0.4, 0.5) is 4.39 Å². The summed E-state index contributed by atoms with van der Waals surface area (Å²) in [5.74, 6) is -5.70. The van der Waals surface area contributed by atoms with E-state index in [0.717, 1.165) is 0 Å². The summed E-state index contributed by atoms with van der Waals surface area (Å²) < 4.78 is 86.5. The number of hydrogen-bond donors (Lipinski definition) is 2. The number of alkyl halides is 1. The number of aliphatic hydroxyl groups is 2. The van der Waals surface area contributed by atoms with Crippen LogP contribution in [-0.4, -0.2) is 163 Å². The van der Waals surface area contributed by atoms with Crippen LogP contribution in [0.25, 0.3) is 0 Å². The molecule has 2 bridgehead atoms. The Bertz CT molecular complexity index is 1580. The van der Waals surface area contributed by atoms with Crippen LogP contribution in [-0.2, 0) is 51.2 Å². The molecule has 0 aliphatic carbocycles. The molecule has 0 saturated carbocycles. The first-order valence-electron chi connectivity index (χ1n) is 23.8. The van der Waals surface area contributed by atoms with Crippen molar-refractivity contribution in [1.29, 1.82) is 0 Å². The lowest BCUT2D eigenvalue weighted by atomic mass is 9.73. The molecule has 18 heteroatoms. The maximum absolute atomic E-state index is 18.4. The standard InChI is InChI=1S/C46H90FNO13Si3/c1-23-33-45(10,51)37(49)30(5)46(61-64(20,21)22)44(9,47)26-43(8,60-46)38(57-41-36(58-62(14,15)16)32(48(11)12)24-27(2)53-41)28(3)35(29(4)40(50)55-33)56-34-25-42(7,52-13)39(31(6)54-34)59-63(17,18)19/h27-39,41,49,51H,23-26H2,1-22H3/t27-,28+,29-,30-,31+,32+,33-,34?,35+,36-,37-,38-,39+,41+,42-,43?,44+,45-,46+/m1/s1. The molecule has 0 amide bonds. The fourth-order valence-electron chi connectivity index (χ4n) is 10.9. The van der Waals surface area contributed by atoms with Gasteiger partial charge in [-0.1, -0.05) is 20.8 Å². The van der Waals surface area contributed by atoms with E-state index >= 15 is 4.39 Å². The molecule has 376 valence electrons. The summed E-state index contributed by atoms with van der Waals surface area (Å²) in [6.45, 7) is 36.1. The minimum absolute atomic E-state index is 0.0944. The largest absolute Gasteiger partial charge is 0.459 e. The first kappa shape index (κ1) is 56.2. The lowest BCUT2D eigenvalue weighted by molar-refractivity contribution is -0.339. The zero-order valence-corrected chi connectivity index (χ0v) is 46.6. The lowest BCUT2D eigenvalue weighted by Crippen LogP contribution is -2.65. The molecule has 4 saturated heterocycles. The van der Waals surface area contributed by atoms with Crippen molar-refractivity contribution in [3.63, 3.8) is 0 Å². The van der Waals surface area contributed by atoms with Crippen LogP contribution in [0.1, 0.15) is 94.9 Å². The Hall–Kier alpha value is -0.429. The Morgan fingerprint density at radius 1 is 0.844 bits per heavy atom. The SMILES string of the molecule is CC[C@H]1OC(=O)[C@H](C)[C@@H](OC2C[C@@](C)(OC)[C@@H](O[Si](C)(C)C)[C@H](C)O2)[C@H](C)[C@@H](O[C@@H]2O[C@H](C)C[C@H](N(C)C)[C@H]2O[Si](C)(C)C)C2(C)C[C@](C)(F)[C@](O[Si](C)(C)C)(O2)[C@H](C)[C@@H](O)[C@]1(C)O. The van der Waals surface area contributed by atoms with Crippen molar-refractivity contribution < 1.29 is 65.8 Å². The molecule has 0 radical (unpaired) electrons. The lowest BCUT2D eigenvalue weighted by Gasteiger charge is -2.51. The predicted octanol–water partition coefficient (Wildman–Crippen LogP) is 7.61. The van der Waals surface area contributed by atoms with Gasteiger partial charge in [0.15, 0.2) is 49.0 Å². The molecule has 19 atom stereocenters. The summed E-state index contributed by atoms with van der Waals surface area (Å²) in [5.41, 5.74) is -6.66. The van der Waals surface area contributed by atoms with E-state index in [0.29, 0.717) is 6.42 Å². The molecule has 4 fully saturated rings. The van der Waals surface area contributed by atoms with Crippen LogP contribution >= 0.6 is 0 Å². The van der Waals surface area contributed by atoms with Crippen LogP contribution < -0.4 is 0 Å². The molecule has 2 unspecified atom stereocenters. The third kappa shape index (κ3) is 12.1. The number of likely N-dealkylation sites (N-methyl/N-ethyl adjacent to an activating group) is 1. The number of esters is 1. The molecular weight excluding hydrogens is 878 g/mol. The zero-order valence-electron chi connectivity index (χ0n) is 43.6. The first-order valence-corrected chi connectivity index (χ1v) is 34.0. The second kappa shape index (κ2) is 19.8. The number of fused-ring (bicyclic) bond motifs is 2. The molecule has 0 aromatic rings. The van der Waals surface area contributed by atoms with Gasteiger partial charge in [0.25, 0.3) is 0 Å². The van der Waals surface area contributed by atoms with Crippen LogP contribution in [0.3, 0.4) is 0 Å². The number of ether oxygens (including phenoxy) is 7. The van der Waals surface area contributed by atoms with Gasteiger partial charge >= 0.3 is 5.97 Å². The number of methoxy groups -OCH3 is 1. The van der Waals surface area contributed by atoms with Gasteiger partial charge in [-0.3, -0.25) is 4.79 Å². The zero-order chi connectivity index (χ0) is 49.1. The van der Waals surface area contributed by atoms with E-state index in [1.54, 1.807) is 34.8 Å². The Morgan fingerprint density at radius 3 is 1.92 bits per heavy atom. The molecule has 0 spiro atoms. The second-order valence-electron chi connectivity index (χ2n) is 23.7. The molecule has 0 aromatic heterocycles. The average Bonchev–Trinajstić information content (AvgIpc) is 3.34. The van der Waals surface area contributed by atoms with Gasteiger partial charge < -0.3 is 61.5 Å². The number of rotatable bonds is 13. The van der Waals surface area contributed by atoms with Gasteiger partial charge in [-0.25, -0.2) is 4.39 Å². The number of nitrogens with zero attached hydrogens (tertiary/aromatic N) is 1. The van der Waals surface area contributed by atoms with Gasteiger partial charge in [-0.05, 0) is 134 Å². The Labute approximate surface area is 388 Å². The fourth-order valence-corrected chi connectivity index (χ4v) is 14.6. The van der Waals surface area contributed by atoms with Crippen LogP contribution in [0.2, 0.25) is 58.9 Å². The van der Waals surface area contributed by atoms with Gasteiger partial charge in [-0.15, -0.1) is 0 Å². The highest BCUT2D eigenvalue weighted by atomic mass is 28.4. The second-order valence-corrected chi connectivity index (χ2v) is 37.0. The highest BCUT2D eigenvalue weighted by Gasteiger charge is 2.72. The topological polar surface area (TPSA) is 153 Å². The third-order valence-electron chi connectivity index (χ3n) is 13.9. The molecule has 4 rings (SSSR count). The van der Waals surface area contributed by atoms with E-state index < -0.39 is 132 Å². The van der Waals surface area contributed by atoms with Crippen molar-refractivity contribution in [1.82, 2.24) is 4.90 Å². The molecule has 4 heterocycles. The summed E-state index contributed by atoms with van der Waals surface area (Å²) in [5, 5.41) is 24.6. The summed E-state index contributed by atoms with van der Waals surface area (Å²) >= 11 is 0. The highest BCUT2D eigenvalue weighted by Crippen LogP contribution is 2.58. The summed E-state index contributed by atoms with van der Waals surface area (Å²) in [4.78, 5) is 16.8. The first-order chi connectivity index (χ1) is 28.9. The predicted molar refractivity (Wildman–Crippen MR) is 252 cm³/mol. The average molecular weight is 968 g/mol. The number of halogens is 1.